The first-order valence-electron chi connectivity index (χ1n) is 7.23. The maximum Gasteiger partial charge on any atom is 0.259 e. The van der Waals surface area contributed by atoms with E-state index in [-0.39, 0.29) is 5.91 Å². The van der Waals surface area contributed by atoms with Gasteiger partial charge in [0.05, 0.1) is 23.1 Å². The zero-order valence-electron chi connectivity index (χ0n) is 12.9. The van der Waals surface area contributed by atoms with Gasteiger partial charge >= 0.3 is 0 Å². The molecule has 0 atom stereocenters. The molecular weight excluding hydrogens is 354 g/mol. The van der Waals surface area contributed by atoms with Crippen LogP contribution in [0.3, 0.4) is 0 Å². The van der Waals surface area contributed by atoms with Crippen LogP contribution < -0.4 is 5.32 Å². The summed E-state index contributed by atoms with van der Waals surface area (Å²) in [5.74, 6) is -0.158. The number of hydrogen-bond acceptors (Lipinski definition) is 2. The Labute approximate surface area is 143 Å². The van der Waals surface area contributed by atoms with Crippen molar-refractivity contribution in [1.29, 1.82) is 0 Å². The largest absolute Gasteiger partial charge is 0.322 e. The second-order valence-corrected chi connectivity index (χ2v) is 6.27. The molecule has 1 aromatic heterocycles. The predicted molar refractivity (Wildman–Crippen MR) is 95.1 cm³/mol. The van der Waals surface area contributed by atoms with Crippen LogP contribution in [0.5, 0.6) is 0 Å². The monoisotopic (exact) mass is 369 g/mol. The smallest absolute Gasteiger partial charge is 0.259 e. The van der Waals surface area contributed by atoms with Gasteiger partial charge in [0.2, 0.25) is 0 Å². The van der Waals surface area contributed by atoms with E-state index in [0.717, 1.165) is 27.1 Å². The summed E-state index contributed by atoms with van der Waals surface area (Å²) in [4.78, 5) is 12.4. The Hall–Kier alpha value is -2.40. The number of anilines is 1. The van der Waals surface area contributed by atoms with Crippen molar-refractivity contribution in [1.82, 2.24) is 9.78 Å². The fourth-order valence-electron chi connectivity index (χ4n) is 2.31. The summed E-state index contributed by atoms with van der Waals surface area (Å²) in [7, 11) is 0. The molecule has 0 fully saturated rings. The number of hydrogen-bond donors (Lipinski definition) is 1. The molecular formula is C18H16BrN3O. The van der Waals surface area contributed by atoms with E-state index in [2.05, 4.69) is 26.3 Å². The molecule has 2 aromatic carbocycles. The van der Waals surface area contributed by atoms with Crippen molar-refractivity contribution in [3.8, 4) is 5.69 Å². The molecule has 0 saturated carbocycles. The minimum atomic E-state index is -0.158. The van der Waals surface area contributed by atoms with Crippen LogP contribution in [0.15, 0.2) is 59.2 Å². The van der Waals surface area contributed by atoms with E-state index in [4.69, 9.17) is 0 Å². The molecule has 0 aliphatic heterocycles. The maximum atomic E-state index is 12.4. The summed E-state index contributed by atoms with van der Waals surface area (Å²) >= 11 is 3.41. The third-order valence-corrected chi connectivity index (χ3v) is 4.16. The molecule has 0 aliphatic carbocycles. The number of nitrogens with one attached hydrogen (secondary N) is 1. The van der Waals surface area contributed by atoms with E-state index < -0.39 is 0 Å². The molecule has 0 bridgehead atoms. The first-order valence-corrected chi connectivity index (χ1v) is 8.02. The van der Waals surface area contributed by atoms with Gasteiger partial charge in [0, 0.05) is 10.2 Å². The van der Waals surface area contributed by atoms with Crippen LogP contribution in [0.2, 0.25) is 0 Å². The Morgan fingerprint density at radius 2 is 1.70 bits per heavy atom. The van der Waals surface area contributed by atoms with Crippen molar-refractivity contribution >= 4 is 27.5 Å². The molecule has 3 rings (SSSR count). The average molecular weight is 370 g/mol. The van der Waals surface area contributed by atoms with Gasteiger partial charge in [0.1, 0.15) is 0 Å². The third-order valence-electron chi connectivity index (χ3n) is 3.64. The van der Waals surface area contributed by atoms with Gasteiger partial charge in [-0.2, -0.15) is 5.10 Å². The van der Waals surface area contributed by atoms with Crippen LogP contribution in [0, 0.1) is 13.8 Å². The first-order chi connectivity index (χ1) is 11.0. The Morgan fingerprint density at radius 3 is 2.35 bits per heavy atom. The number of benzene rings is 2. The Bertz CT molecular complexity index is 836. The predicted octanol–water partition coefficient (Wildman–Crippen LogP) is 4.50. The third kappa shape index (κ3) is 3.35. The number of nitrogens with zero attached hydrogens (tertiary/aromatic N) is 2. The number of halogens is 1. The summed E-state index contributed by atoms with van der Waals surface area (Å²) in [6.45, 7) is 3.90. The molecule has 4 nitrogen and oxygen atoms in total. The molecule has 0 unspecified atom stereocenters. The summed E-state index contributed by atoms with van der Waals surface area (Å²) in [5, 5.41) is 7.23. The number of carbonyl (C=O) groups is 1. The molecule has 0 aliphatic rings. The van der Waals surface area contributed by atoms with Crippen molar-refractivity contribution < 1.29 is 4.79 Å². The van der Waals surface area contributed by atoms with Gasteiger partial charge in [0.15, 0.2) is 0 Å². The number of aromatic nitrogens is 2. The van der Waals surface area contributed by atoms with Crippen molar-refractivity contribution in [2.24, 2.45) is 0 Å². The highest BCUT2D eigenvalue weighted by atomic mass is 79.9. The topological polar surface area (TPSA) is 46.9 Å². The lowest BCUT2D eigenvalue weighted by molar-refractivity contribution is 0.102. The molecule has 5 heteroatoms. The van der Waals surface area contributed by atoms with Crippen LogP contribution in [0.25, 0.3) is 5.69 Å². The maximum absolute atomic E-state index is 12.4. The number of amides is 1. The van der Waals surface area contributed by atoms with Crippen LogP contribution in [0.1, 0.15) is 21.6 Å². The first kappa shape index (κ1) is 15.5. The van der Waals surface area contributed by atoms with Crippen LogP contribution >= 0.6 is 15.9 Å². The summed E-state index contributed by atoms with van der Waals surface area (Å²) < 4.78 is 2.76. The van der Waals surface area contributed by atoms with E-state index in [1.54, 1.807) is 10.9 Å². The lowest BCUT2D eigenvalue weighted by Gasteiger charge is -2.07. The Kier molecular flexibility index (Phi) is 4.30. The highest BCUT2D eigenvalue weighted by Crippen LogP contribution is 2.18. The Morgan fingerprint density at radius 1 is 1.04 bits per heavy atom. The molecule has 116 valence electrons. The second kappa shape index (κ2) is 6.38. The number of rotatable bonds is 3. The Balaban J connectivity index is 1.85. The minimum absolute atomic E-state index is 0.158. The highest BCUT2D eigenvalue weighted by molar-refractivity contribution is 9.10. The molecule has 1 heterocycles. The van der Waals surface area contributed by atoms with Gasteiger partial charge in [0.25, 0.3) is 5.91 Å². The standard InChI is InChI=1S/C18H16BrN3O/c1-12-3-7-15(8-4-12)21-18(23)17-11-20-22(13(17)2)16-9-5-14(19)6-10-16/h3-11H,1-2H3,(H,21,23). The van der Waals surface area contributed by atoms with Gasteiger partial charge < -0.3 is 5.32 Å². The van der Waals surface area contributed by atoms with E-state index in [0.29, 0.717) is 5.56 Å². The lowest BCUT2D eigenvalue weighted by Crippen LogP contribution is -2.13. The van der Waals surface area contributed by atoms with Gasteiger partial charge in [-0.3, -0.25) is 4.79 Å². The van der Waals surface area contributed by atoms with Gasteiger partial charge in [-0.25, -0.2) is 4.68 Å². The fourth-order valence-corrected chi connectivity index (χ4v) is 2.57. The molecule has 1 amide bonds. The van der Waals surface area contributed by atoms with Crippen molar-refractivity contribution in [3.05, 3.63) is 76.0 Å². The van der Waals surface area contributed by atoms with E-state index in [9.17, 15) is 4.79 Å². The second-order valence-electron chi connectivity index (χ2n) is 5.35. The summed E-state index contributed by atoms with van der Waals surface area (Å²) in [5.41, 5.74) is 4.21. The van der Waals surface area contributed by atoms with Crippen molar-refractivity contribution in [3.63, 3.8) is 0 Å². The SMILES string of the molecule is Cc1ccc(NC(=O)c2cnn(-c3ccc(Br)cc3)c2C)cc1. The van der Waals surface area contributed by atoms with Crippen LogP contribution in [0.4, 0.5) is 5.69 Å². The molecule has 0 saturated heterocycles. The molecule has 23 heavy (non-hydrogen) atoms. The zero-order valence-corrected chi connectivity index (χ0v) is 14.5. The fraction of sp³-hybridized carbons (Fsp3) is 0.111. The van der Waals surface area contributed by atoms with E-state index in [1.165, 1.54) is 0 Å². The van der Waals surface area contributed by atoms with Gasteiger partial charge in [-0.1, -0.05) is 33.6 Å². The van der Waals surface area contributed by atoms with Crippen molar-refractivity contribution in [2.45, 2.75) is 13.8 Å². The summed E-state index contributed by atoms with van der Waals surface area (Å²) in [6, 6.07) is 15.5. The molecule has 1 N–H and O–H groups in total. The van der Waals surface area contributed by atoms with Crippen molar-refractivity contribution in [2.75, 3.05) is 5.32 Å². The van der Waals surface area contributed by atoms with Crippen LogP contribution in [-0.2, 0) is 0 Å². The molecule has 0 spiro atoms. The van der Waals surface area contributed by atoms with E-state index in [1.807, 2.05) is 62.4 Å². The van der Waals surface area contributed by atoms with Gasteiger partial charge in [-0.15, -0.1) is 0 Å². The molecule has 3 aromatic rings. The average Bonchev–Trinajstić information content (AvgIpc) is 2.92. The lowest BCUT2D eigenvalue weighted by atomic mass is 10.2. The quantitative estimate of drug-likeness (QED) is 0.738. The zero-order chi connectivity index (χ0) is 16.4. The molecule has 0 radical (unpaired) electrons. The minimum Gasteiger partial charge on any atom is -0.322 e. The number of carbonyl (C=O) groups excluding carboxylic acids is 1. The highest BCUT2D eigenvalue weighted by Gasteiger charge is 2.15. The summed E-state index contributed by atoms with van der Waals surface area (Å²) in [6.07, 6.45) is 1.60. The van der Waals surface area contributed by atoms with E-state index >= 15 is 0 Å². The van der Waals surface area contributed by atoms with Gasteiger partial charge in [-0.05, 0) is 50.2 Å². The van der Waals surface area contributed by atoms with Crippen LogP contribution in [-0.4, -0.2) is 15.7 Å². The number of aryl methyl sites for hydroxylation is 1. The normalized spacial score (nSPS) is 10.6.